The number of rotatable bonds is 5. The molecule has 1 aliphatic rings. The summed E-state index contributed by atoms with van der Waals surface area (Å²) in [6.07, 6.45) is 3.50. The standard InChI is InChI=1S/C14H13ClN6O2/c15-13-19-11(17-5-8-1-3-16-4-2-8)10-12(20-13)21-14(18-10)23-9-6-22-7-9/h1-4,9H,5-7H2,(H2,17,18,19,20,21). The van der Waals surface area contributed by atoms with E-state index >= 15 is 0 Å². The van der Waals surface area contributed by atoms with E-state index < -0.39 is 0 Å². The van der Waals surface area contributed by atoms with Gasteiger partial charge in [-0.3, -0.25) is 4.98 Å². The number of hydrogen-bond donors (Lipinski definition) is 2. The first-order valence-corrected chi connectivity index (χ1v) is 7.46. The predicted molar refractivity (Wildman–Crippen MR) is 83.5 cm³/mol. The number of nitrogens with zero attached hydrogens (tertiary/aromatic N) is 4. The zero-order chi connectivity index (χ0) is 15.6. The molecule has 4 heterocycles. The Morgan fingerprint density at radius 2 is 2.09 bits per heavy atom. The highest BCUT2D eigenvalue weighted by Crippen LogP contribution is 2.24. The molecule has 1 fully saturated rings. The molecule has 0 amide bonds. The topological polar surface area (TPSA) is 97.8 Å². The van der Waals surface area contributed by atoms with Crippen LogP contribution < -0.4 is 10.1 Å². The summed E-state index contributed by atoms with van der Waals surface area (Å²) in [5, 5.41) is 3.35. The fourth-order valence-corrected chi connectivity index (χ4v) is 2.32. The number of aromatic amines is 1. The summed E-state index contributed by atoms with van der Waals surface area (Å²) in [7, 11) is 0. The Kier molecular flexibility index (Phi) is 3.68. The van der Waals surface area contributed by atoms with Gasteiger partial charge in [0.05, 0.1) is 13.2 Å². The largest absolute Gasteiger partial charge is 0.457 e. The monoisotopic (exact) mass is 332 g/mol. The van der Waals surface area contributed by atoms with Gasteiger partial charge in [0.1, 0.15) is 11.6 Å². The van der Waals surface area contributed by atoms with Crippen molar-refractivity contribution in [2.75, 3.05) is 18.5 Å². The van der Waals surface area contributed by atoms with Crippen LogP contribution in [0, 0.1) is 0 Å². The number of halogens is 1. The van der Waals surface area contributed by atoms with E-state index in [1.165, 1.54) is 0 Å². The molecule has 0 saturated carbocycles. The number of ether oxygens (including phenoxy) is 2. The summed E-state index contributed by atoms with van der Waals surface area (Å²) in [6, 6.07) is 4.23. The molecule has 0 atom stereocenters. The van der Waals surface area contributed by atoms with Gasteiger partial charge < -0.3 is 19.8 Å². The average Bonchev–Trinajstić information content (AvgIpc) is 2.92. The Hall–Kier alpha value is -2.45. The molecule has 118 valence electrons. The van der Waals surface area contributed by atoms with Gasteiger partial charge in [0, 0.05) is 18.9 Å². The van der Waals surface area contributed by atoms with Gasteiger partial charge >= 0.3 is 0 Å². The lowest BCUT2D eigenvalue weighted by atomic mass is 10.3. The van der Waals surface area contributed by atoms with E-state index in [1.807, 2.05) is 12.1 Å². The molecule has 3 aromatic heterocycles. The number of fused-ring (bicyclic) bond motifs is 1. The molecule has 1 saturated heterocycles. The van der Waals surface area contributed by atoms with Gasteiger partial charge in [0.2, 0.25) is 5.28 Å². The smallest absolute Gasteiger partial charge is 0.296 e. The third-order valence-corrected chi connectivity index (χ3v) is 3.57. The first-order chi connectivity index (χ1) is 11.3. The predicted octanol–water partition coefficient (Wildman–Crippen LogP) is 1.79. The minimum atomic E-state index is 0.0206. The van der Waals surface area contributed by atoms with Gasteiger partial charge in [-0.1, -0.05) is 0 Å². The van der Waals surface area contributed by atoms with E-state index in [0.29, 0.717) is 42.8 Å². The van der Waals surface area contributed by atoms with Gasteiger partial charge in [-0.2, -0.15) is 15.0 Å². The first-order valence-electron chi connectivity index (χ1n) is 7.08. The van der Waals surface area contributed by atoms with Crippen LogP contribution in [0.15, 0.2) is 24.5 Å². The molecule has 0 radical (unpaired) electrons. The van der Waals surface area contributed by atoms with Crippen LogP contribution in [0.2, 0.25) is 5.28 Å². The minimum absolute atomic E-state index is 0.0206. The molecule has 0 aliphatic carbocycles. The molecule has 2 N–H and O–H groups in total. The first kappa shape index (κ1) is 14.2. The number of hydrogen-bond acceptors (Lipinski definition) is 7. The van der Waals surface area contributed by atoms with E-state index in [-0.39, 0.29) is 11.4 Å². The fourth-order valence-electron chi connectivity index (χ4n) is 2.16. The molecular weight excluding hydrogens is 320 g/mol. The summed E-state index contributed by atoms with van der Waals surface area (Å²) in [5.74, 6) is 0.573. The quantitative estimate of drug-likeness (QED) is 0.687. The molecule has 4 rings (SSSR count). The van der Waals surface area contributed by atoms with Crippen LogP contribution in [-0.4, -0.2) is 44.2 Å². The lowest BCUT2D eigenvalue weighted by Gasteiger charge is -2.25. The van der Waals surface area contributed by atoms with Crippen LogP contribution in [0.25, 0.3) is 11.2 Å². The van der Waals surface area contributed by atoms with Crippen molar-refractivity contribution in [3.8, 4) is 6.01 Å². The van der Waals surface area contributed by atoms with Crippen LogP contribution in [0.5, 0.6) is 6.01 Å². The van der Waals surface area contributed by atoms with Crippen molar-refractivity contribution < 1.29 is 9.47 Å². The van der Waals surface area contributed by atoms with Crippen molar-refractivity contribution in [1.82, 2.24) is 24.9 Å². The number of pyridine rings is 1. The van der Waals surface area contributed by atoms with Gasteiger partial charge in [-0.25, -0.2) is 0 Å². The summed E-state index contributed by atoms with van der Waals surface area (Å²) >= 11 is 5.97. The second kappa shape index (κ2) is 5.98. The molecule has 0 aromatic carbocycles. The second-order valence-corrected chi connectivity index (χ2v) is 5.41. The van der Waals surface area contributed by atoms with Crippen LogP contribution >= 0.6 is 11.6 Å². The van der Waals surface area contributed by atoms with Crippen molar-refractivity contribution in [3.63, 3.8) is 0 Å². The van der Waals surface area contributed by atoms with Gasteiger partial charge in [-0.05, 0) is 29.3 Å². The highest BCUT2D eigenvalue weighted by Gasteiger charge is 2.22. The molecule has 9 heteroatoms. The van der Waals surface area contributed by atoms with Gasteiger partial charge in [-0.15, -0.1) is 0 Å². The van der Waals surface area contributed by atoms with Crippen LogP contribution in [0.3, 0.4) is 0 Å². The summed E-state index contributed by atoms with van der Waals surface area (Å²) < 4.78 is 10.7. The van der Waals surface area contributed by atoms with Crippen LogP contribution in [0.1, 0.15) is 5.56 Å². The van der Waals surface area contributed by atoms with E-state index in [2.05, 4.69) is 30.2 Å². The Morgan fingerprint density at radius 3 is 2.83 bits per heavy atom. The van der Waals surface area contributed by atoms with Crippen molar-refractivity contribution in [1.29, 1.82) is 0 Å². The molecule has 3 aromatic rings. The Morgan fingerprint density at radius 1 is 1.26 bits per heavy atom. The number of imidazole rings is 1. The van der Waals surface area contributed by atoms with E-state index in [0.717, 1.165) is 5.56 Å². The Bertz CT molecular complexity index is 821. The summed E-state index contributed by atoms with van der Waals surface area (Å²) in [4.78, 5) is 19.7. The number of H-pyrrole nitrogens is 1. The van der Waals surface area contributed by atoms with E-state index in [4.69, 9.17) is 21.1 Å². The maximum absolute atomic E-state index is 5.97. The van der Waals surface area contributed by atoms with Crippen LogP contribution in [0.4, 0.5) is 5.82 Å². The van der Waals surface area contributed by atoms with Crippen molar-refractivity contribution in [3.05, 3.63) is 35.4 Å². The van der Waals surface area contributed by atoms with Gasteiger partial charge in [0.25, 0.3) is 6.01 Å². The third kappa shape index (κ3) is 3.03. The fraction of sp³-hybridized carbons (Fsp3) is 0.286. The molecule has 8 nitrogen and oxygen atoms in total. The van der Waals surface area contributed by atoms with E-state index in [9.17, 15) is 0 Å². The summed E-state index contributed by atoms with van der Waals surface area (Å²) in [6.45, 7) is 1.71. The number of aromatic nitrogens is 5. The van der Waals surface area contributed by atoms with E-state index in [1.54, 1.807) is 12.4 Å². The lowest BCUT2D eigenvalue weighted by Crippen LogP contribution is -2.38. The highest BCUT2D eigenvalue weighted by atomic mass is 35.5. The number of nitrogens with one attached hydrogen (secondary N) is 2. The SMILES string of the molecule is Clc1nc(NCc2ccncc2)c2[nH]c(OC3COC3)nc2n1. The molecule has 0 unspecified atom stereocenters. The number of anilines is 1. The van der Waals surface area contributed by atoms with Crippen LogP contribution in [-0.2, 0) is 11.3 Å². The molecular formula is C14H13ClN6O2. The Balaban J connectivity index is 1.59. The Labute approximate surface area is 136 Å². The molecule has 23 heavy (non-hydrogen) atoms. The zero-order valence-corrected chi connectivity index (χ0v) is 12.7. The zero-order valence-electron chi connectivity index (χ0n) is 12.0. The average molecular weight is 333 g/mol. The minimum Gasteiger partial charge on any atom is -0.457 e. The van der Waals surface area contributed by atoms with Crippen molar-refractivity contribution >= 4 is 28.6 Å². The van der Waals surface area contributed by atoms with Crippen molar-refractivity contribution in [2.24, 2.45) is 0 Å². The summed E-state index contributed by atoms with van der Waals surface area (Å²) in [5.41, 5.74) is 2.18. The third-order valence-electron chi connectivity index (χ3n) is 3.40. The van der Waals surface area contributed by atoms with Crippen molar-refractivity contribution in [2.45, 2.75) is 12.6 Å². The second-order valence-electron chi connectivity index (χ2n) is 5.07. The molecule has 1 aliphatic heterocycles. The highest BCUT2D eigenvalue weighted by molar-refractivity contribution is 6.28. The molecule has 0 bridgehead atoms. The normalized spacial score (nSPS) is 14.7. The molecule has 0 spiro atoms. The lowest BCUT2D eigenvalue weighted by molar-refractivity contribution is -0.0827. The maximum atomic E-state index is 5.97. The van der Waals surface area contributed by atoms with Gasteiger partial charge in [0.15, 0.2) is 11.5 Å². The maximum Gasteiger partial charge on any atom is 0.296 e.